The van der Waals surface area contributed by atoms with Gasteiger partial charge in [0.2, 0.25) is 0 Å². The predicted octanol–water partition coefficient (Wildman–Crippen LogP) is 6.63. The van der Waals surface area contributed by atoms with Crippen molar-refractivity contribution in [2.75, 3.05) is 12.3 Å². The molecule has 0 nitrogen and oxygen atoms in total. The van der Waals surface area contributed by atoms with Gasteiger partial charge in [0.15, 0.2) is 0 Å². The molecule has 1 aliphatic carbocycles. The van der Waals surface area contributed by atoms with Crippen LogP contribution in [-0.4, -0.2) is 12.3 Å². The molecule has 2 unspecified atom stereocenters. The summed E-state index contributed by atoms with van der Waals surface area (Å²) in [5.74, 6) is 0. The summed E-state index contributed by atoms with van der Waals surface area (Å²) in [5, 5.41) is 3.23. The lowest BCUT2D eigenvalue weighted by atomic mass is 10.1. The molecule has 1 aliphatic rings. The van der Waals surface area contributed by atoms with Gasteiger partial charge in [-0.3, -0.25) is 0 Å². The highest BCUT2D eigenvalue weighted by molar-refractivity contribution is 7.47. The number of benzene rings is 1. The van der Waals surface area contributed by atoms with Gasteiger partial charge >= 0.3 is 0 Å². The van der Waals surface area contributed by atoms with E-state index >= 15 is 0 Å². The zero-order chi connectivity index (χ0) is 16.0. The topological polar surface area (TPSA) is 0 Å². The Balaban J connectivity index is 1.33. The number of unbranched alkanes of at least 4 members (excludes halogenated alkanes) is 6. The second-order valence-corrected chi connectivity index (χ2v) is 9.28. The van der Waals surface area contributed by atoms with Crippen LogP contribution in [0.15, 0.2) is 53.9 Å². The van der Waals surface area contributed by atoms with Gasteiger partial charge in [0, 0.05) is 0 Å². The Bertz CT molecular complexity index is 462. The van der Waals surface area contributed by atoms with Crippen LogP contribution in [0.25, 0.3) is 0 Å². The molecule has 0 aromatic heterocycles. The van der Waals surface area contributed by atoms with Crippen molar-refractivity contribution in [1.82, 2.24) is 0 Å². The highest BCUT2D eigenvalue weighted by Gasteiger charge is 1.99. The minimum absolute atomic E-state index is 1.01. The highest BCUT2D eigenvalue weighted by Crippen LogP contribution is 2.31. The molecule has 0 radical (unpaired) electrons. The molecular formula is C21H32P2. The maximum Gasteiger partial charge on any atom is -0.0242 e. The van der Waals surface area contributed by atoms with Gasteiger partial charge in [-0.15, -0.1) is 0 Å². The monoisotopic (exact) mass is 346 g/mol. The number of allylic oxidation sites excluding steroid dienone is 4. The van der Waals surface area contributed by atoms with Crippen molar-refractivity contribution >= 4 is 22.5 Å². The molecule has 0 bridgehead atoms. The predicted molar refractivity (Wildman–Crippen MR) is 111 cm³/mol. The van der Waals surface area contributed by atoms with E-state index in [0.717, 1.165) is 17.2 Å². The summed E-state index contributed by atoms with van der Waals surface area (Å²) in [6.45, 7) is 0. The quantitative estimate of drug-likeness (QED) is 0.294. The number of hydrogen-bond donors (Lipinski definition) is 0. The van der Waals surface area contributed by atoms with Crippen LogP contribution in [0.3, 0.4) is 0 Å². The van der Waals surface area contributed by atoms with Crippen LogP contribution >= 0.6 is 17.2 Å². The van der Waals surface area contributed by atoms with E-state index < -0.39 is 0 Å². The van der Waals surface area contributed by atoms with Gasteiger partial charge in [0.05, 0.1) is 0 Å². The van der Waals surface area contributed by atoms with E-state index in [0.29, 0.717) is 0 Å². The third-order valence-electron chi connectivity index (χ3n) is 4.32. The van der Waals surface area contributed by atoms with Crippen LogP contribution in [-0.2, 0) is 0 Å². The van der Waals surface area contributed by atoms with Crippen molar-refractivity contribution < 1.29 is 0 Å². The fourth-order valence-corrected chi connectivity index (χ4v) is 5.35. The van der Waals surface area contributed by atoms with Crippen molar-refractivity contribution in [1.29, 1.82) is 0 Å². The molecule has 0 heterocycles. The van der Waals surface area contributed by atoms with E-state index in [4.69, 9.17) is 0 Å². The molecule has 0 saturated carbocycles. The summed E-state index contributed by atoms with van der Waals surface area (Å²) in [4.78, 5) is 0. The minimum atomic E-state index is 1.01. The molecule has 2 atom stereocenters. The smallest absolute Gasteiger partial charge is 0.0242 e. The average Bonchev–Trinajstić information content (AvgIpc) is 2.61. The van der Waals surface area contributed by atoms with Gasteiger partial charge in [-0.2, -0.15) is 0 Å². The SMILES string of the molecule is C1=CCCC(PCCCCCCCCCPc2ccccc2)=C1. The van der Waals surface area contributed by atoms with Gasteiger partial charge in [0.25, 0.3) is 0 Å². The minimum Gasteiger partial charge on any atom is -0.0948 e. The molecule has 0 saturated heterocycles. The average molecular weight is 346 g/mol. The van der Waals surface area contributed by atoms with E-state index in [2.05, 4.69) is 48.6 Å². The molecule has 1 aromatic carbocycles. The van der Waals surface area contributed by atoms with Gasteiger partial charge in [-0.25, -0.2) is 0 Å². The summed E-state index contributed by atoms with van der Waals surface area (Å²) in [6, 6.07) is 10.9. The Morgan fingerprint density at radius 1 is 0.739 bits per heavy atom. The highest BCUT2D eigenvalue weighted by atomic mass is 31.1. The molecular weight excluding hydrogens is 314 g/mol. The van der Waals surface area contributed by atoms with Crippen LogP contribution in [0.5, 0.6) is 0 Å². The first-order valence-corrected chi connectivity index (χ1v) is 11.7. The Kier molecular flexibility index (Phi) is 10.6. The van der Waals surface area contributed by atoms with Crippen molar-refractivity contribution in [3.8, 4) is 0 Å². The fraction of sp³-hybridized carbons (Fsp3) is 0.524. The van der Waals surface area contributed by atoms with Crippen LogP contribution in [0.2, 0.25) is 0 Å². The van der Waals surface area contributed by atoms with Crippen LogP contribution in [0.1, 0.15) is 57.8 Å². The maximum absolute atomic E-state index is 2.35. The Hall–Kier alpha value is -0.440. The lowest BCUT2D eigenvalue weighted by molar-refractivity contribution is 0.605. The second-order valence-electron chi connectivity index (χ2n) is 6.35. The lowest BCUT2D eigenvalue weighted by Crippen LogP contribution is -1.93. The van der Waals surface area contributed by atoms with Crippen LogP contribution in [0.4, 0.5) is 0 Å². The first kappa shape index (κ1) is 18.9. The number of rotatable bonds is 12. The van der Waals surface area contributed by atoms with E-state index in [1.54, 1.807) is 5.31 Å². The Morgan fingerprint density at radius 2 is 1.39 bits per heavy atom. The van der Waals surface area contributed by atoms with Crippen molar-refractivity contribution in [2.45, 2.75) is 57.8 Å². The second kappa shape index (κ2) is 12.9. The third-order valence-corrected chi connectivity index (χ3v) is 7.14. The number of hydrogen-bond acceptors (Lipinski definition) is 0. The largest absolute Gasteiger partial charge is 0.0948 e. The molecule has 2 heteroatoms. The summed E-state index contributed by atoms with van der Waals surface area (Å²) in [7, 11) is 2.10. The standard InChI is InChI=1S/C21H32P2/c1(2-4-12-18-22-20-14-8-6-9-15-20)3-5-13-19-23-21-16-10-7-11-17-21/h6-10,14-16,22-23H,1-5,11-13,17-19H2. The molecule has 0 aliphatic heterocycles. The normalized spacial score (nSPS) is 15.0. The van der Waals surface area contributed by atoms with Gasteiger partial charge in [-0.05, 0) is 48.6 Å². The van der Waals surface area contributed by atoms with E-state index in [1.165, 1.54) is 75.4 Å². The van der Waals surface area contributed by atoms with Gasteiger partial charge in [0.1, 0.15) is 0 Å². The van der Waals surface area contributed by atoms with Crippen molar-refractivity contribution in [2.24, 2.45) is 0 Å². The maximum atomic E-state index is 2.35. The summed E-state index contributed by atoms with van der Waals surface area (Å²) in [6.07, 6.45) is 22.3. The summed E-state index contributed by atoms with van der Waals surface area (Å²) in [5.41, 5.74) is 0. The summed E-state index contributed by atoms with van der Waals surface area (Å²) < 4.78 is 0. The first-order valence-electron chi connectivity index (χ1n) is 9.33. The molecule has 2 rings (SSSR count). The van der Waals surface area contributed by atoms with Crippen molar-refractivity contribution in [3.63, 3.8) is 0 Å². The lowest BCUT2D eigenvalue weighted by Gasteiger charge is -2.08. The van der Waals surface area contributed by atoms with E-state index in [9.17, 15) is 0 Å². The zero-order valence-corrected chi connectivity index (χ0v) is 16.4. The van der Waals surface area contributed by atoms with Crippen molar-refractivity contribution in [3.05, 3.63) is 53.9 Å². The van der Waals surface area contributed by atoms with E-state index in [1.807, 2.05) is 0 Å². The molecule has 1 aromatic rings. The van der Waals surface area contributed by atoms with Gasteiger partial charge in [-0.1, -0.05) is 97.8 Å². The van der Waals surface area contributed by atoms with Crippen LogP contribution in [0, 0.1) is 0 Å². The molecule has 0 N–H and O–H groups in total. The summed E-state index contributed by atoms with van der Waals surface area (Å²) >= 11 is 0. The van der Waals surface area contributed by atoms with Crippen LogP contribution < -0.4 is 5.30 Å². The molecule has 23 heavy (non-hydrogen) atoms. The molecule has 0 spiro atoms. The third kappa shape index (κ3) is 9.44. The van der Waals surface area contributed by atoms with E-state index in [-0.39, 0.29) is 0 Å². The fourth-order valence-electron chi connectivity index (χ4n) is 2.92. The molecule has 0 fully saturated rings. The van der Waals surface area contributed by atoms with Gasteiger partial charge < -0.3 is 0 Å². The Morgan fingerprint density at radius 3 is 2.04 bits per heavy atom. The molecule has 126 valence electrons. The zero-order valence-electron chi connectivity index (χ0n) is 14.4. The molecule has 0 amide bonds. The first-order chi connectivity index (χ1) is 11.4. The Labute approximate surface area is 146 Å².